The molecular weight excluding hydrogens is 448 g/mol. The second kappa shape index (κ2) is 11.9. The molecule has 1 aliphatic rings. The van der Waals surface area contributed by atoms with E-state index in [2.05, 4.69) is 4.99 Å². The number of nitrogens with two attached hydrogens (primary N) is 2. The zero-order valence-corrected chi connectivity index (χ0v) is 18.6. The molecule has 33 heavy (non-hydrogen) atoms. The van der Waals surface area contributed by atoms with Gasteiger partial charge < -0.3 is 30.6 Å². The summed E-state index contributed by atoms with van der Waals surface area (Å²) in [6.45, 7) is 1.72. The highest BCUT2D eigenvalue weighted by molar-refractivity contribution is 8.00. The summed E-state index contributed by atoms with van der Waals surface area (Å²) in [5, 5.41) is 0. The first-order valence-corrected chi connectivity index (χ1v) is 11.0. The van der Waals surface area contributed by atoms with Crippen molar-refractivity contribution in [3.63, 3.8) is 0 Å². The third-order valence-electron chi connectivity index (χ3n) is 4.47. The lowest BCUT2D eigenvalue weighted by atomic mass is 10.2. The first-order chi connectivity index (χ1) is 15.9. The summed E-state index contributed by atoms with van der Waals surface area (Å²) in [5.41, 5.74) is 11.5. The highest BCUT2D eigenvalue weighted by Gasteiger charge is 2.18. The zero-order valence-electron chi connectivity index (χ0n) is 17.8. The summed E-state index contributed by atoms with van der Waals surface area (Å²) >= 11 is 1.25. The van der Waals surface area contributed by atoms with E-state index in [0.717, 1.165) is 4.90 Å². The summed E-state index contributed by atoms with van der Waals surface area (Å²) in [6.07, 6.45) is 0. The number of benzene rings is 2. The lowest BCUT2D eigenvalue weighted by Gasteiger charge is -2.26. The molecule has 0 aromatic heterocycles. The Morgan fingerprint density at radius 3 is 2.30 bits per heavy atom. The molecule has 0 bridgehead atoms. The molecule has 11 heteroatoms. The molecule has 2 aromatic carbocycles. The number of thioether (sulfide) groups is 1. The van der Waals surface area contributed by atoms with Crippen LogP contribution in [0, 0.1) is 0 Å². The quantitative estimate of drug-likeness (QED) is 0.191. The number of carbonyl (C=O) groups is 3. The van der Waals surface area contributed by atoms with Gasteiger partial charge >= 0.3 is 11.9 Å². The monoisotopic (exact) mass is 472 g/mol. The van der Waals surface area contributed by atoms with Gasteiger partial charge in [-0.05, 0) is 48.5 Å². The van der Waals surface area contributed by atoms with Crippen LogP contribution in [-0.2, 0) is 19.1 Å². The summed E-state index contributed by atoms with van der Waals surface area (Å²) in [7, 11) is 0. The first-order valence-electron chi connectivity index (χ1n) is 10.1. The van der Waals surface area contributed by atoms with Crippen LogP contribution in [0.5, 0.6) is 5.75 Å². The molecule has 0 aliphatic carbocycles. The number of carbonyl (C=O) groups excluding carboxylic acids is 3. The van der Waals surface area contributed by atoms with Crippen molar-refractivity contribution in [1.29, 1.82) is 0 Å². The minimum Gasteiger partial charge on any atom is -0.455 e. The van der Waals surface area contributed by atoms with Gasteiger partial charge in [-0.1, -0.05) is 0 Å². The van der Waals surface area contributed by atoms with E-state index >= 15 is 0 Å². The molecule has 1 heterocycles. The van der Waals surface area contributed by atoms with Crippen molar-refractivity contribution < 1.29 is 28.6 Å². The van der Waals surface area contributed by atoms with Gasteiger partial charge in [0, 0.05) is 18.0 Å². The molecule has 1 aliphatic heterocycles. The number of rotatable bonds is 8. The van der Waals surface area contributed by atoms with E-state index in [9.17, 15) is 14.4 Å². The Kier molecular flexibility index (Phi) is 8.67. The van der Waals surface area contributed by atoms with Gasteiger partial charge in [-0.2, -0.15) is 0 Å². The Hall–Kier alpha value is -3.57. The molecule has 3 rings (SSSR count). The Balaban J connectivity index is 1.42. The minimum absolute atomic E-state index is 0.0532. The van der Waals surface area contributed by atoms with Crippen LogP contribution in [0.1, 0.15) is 10.4 Å². The van der Waals surface area contributed by atoms with Gasteiger partial charge in [0.2, 0.25) is 0 Å². The average Bonchev–Trinajstić information content (AvgIpc) is 2.82. The zero-order chi connectivity index (χ0) is 23.6. The van der Waals surface area contributed by atoms with Crippen LogP contribution in [0.3, 0.4) is 0 Å². The van der Waals surface area contributed by atoms with E-state index in [1.807, 2.05) is 0 Å². The number of guanidine groups is 1. The SMILES string of the molecule is NC(N)=Nc1ccc(C(=O)Oc2ccc(SCC(=O)OCC(=O)N3CCOCC3)cc2)cc1. The maximum atomic E-state index is 12.3. The fourth-order valence-corrected chi connectivity index (χ4v) is 3.52. The molecule has 1 saturated heterocycles. The first kappa shape index (κ1) is 24.1. The standard InChI is InChI=1S/C22H24N4O6S/c23-22(24)25-16-3-1-15(2-4-16)21(29)32-17-5-7-18(8-6-17)33-14-20(28)31-13-19(27)26-9-11-30-12-10-26/h1-8H,9-14H2,(H4,23,24,25). The van der Waals surface area contributed by atoms with E-state index in [-0.39, 0.29) is 24.2 Å². The van der Waals surface area contributed by atoms with Crippen LogP contribution in [0.2, 0.25) is 0 Å². The maximum absolute atomic E-state index is 12.3. The van der Waals surface area contributed by atoms with Gasteiger partial charge in [-0.3, -0.25) is 9.59 Å². The topological polar surface area (TPSA) is 147 Å². The second-order valence-electron chi connectivity index (χ2n) is 6.89. The highest BCUT2D eigenvalue weighted by atomic mass is 32.2. The molecule has 0 atom stereocenters. The van der Waals surface area contributed by atoms with Crippen molar-refractivity contribution in [1.82, 2.24) is 4.90 Å². The van der Waals surface area contributed by atoms with Crippen LogP contribution >= 0.6 is 11.8 Å². The normalized spacial score (nSPS) is 13.2. The van der Waals surface area contributed by atoms with Crippen LogP contribution in [0.4, 0.5) is 5.69 Å². The van der Waals surface area contributed by atoms with E-state index in [4.69, 9.17) is 25.7 Å². The predicted molar refractivity (Wildman–Crippen MR) is 122 cm³/mol. The number of ether oxygens (including phenoxy) is 3. The molecular formula is C22H24N4O6S. The van der Waals surface area contributed by atoms with Crippen molar-refractivity contribution in [2.75, 3.05) is 38.7 Å². The van der Waals surface area contributed by atoms with E-state index in [1.165, 1.54) is 11.8 Å². The number of esters is 2. The summed E-state index contributed by atoms with van der Waals surface area (Å²) in [5.74, 6) is -0.901. The molecule has 0 spiro atoms. The maximum Gasteiger partial charge on any atom is 0.343 e. The smallest absolute Gasteiger partial charge is 0.343 e. The van der Waals surface area contributed by atoms with Gasteiger partial charge in [0.25, 0.3) is 5.91 Å². The van der Waals surface area contributed by atoms with Crippen LogP contribution in [0.15, 0.2) is 58.4 Å². The third kappa shape index (κ3) is 7.81. The number of morpholine rings is 1. The third-order valence-corrected chi connectivity index (χ3v) is 5.46. The summed E-state index contributed by atoms with van der Waals surface area (Å²) in [4.78, 5) is 42.5. The number of hydrogen-bond donors (Lipinski definition) is 2. The Bertz CT molecular complexity index is 1000. The highest BCUT2D eigenvalue weighted by Crippen LogP contribution is 2.22. The van der Waals surface area contributed by atoms with Gasteiger partial charge in [-0.25, -0.2) is 9.79 Å². The minimum atomic E-state index is -0.528. The van der Waals surface area contributed by atoms with Crippen LogP contribution in [-0.4, -0.2) is 67.4 Å². The van der Waals surface area contributed by atoms with Crippen LogP contribution < -0.4 is 16.2 Å². The number of amides is 1. The van der Waals surface area contributed by atoms with Crippen molar-refractivity contribution in [3.05, 3.63) is 54.1 Å². The Morgan fingerprint density at radius 1 is 1.00 bits per heavy atom. The molecule has 2 aromatic rings. The molecule has 1 fully saturated rings. The fraction of sp³-hybridized carbons (Fsp3) is 0.273. The molecule has 0 saturated carbocycles. The van der Waals surface area contributed by atoms with Crippen LogP contribution in [0.25, 0.3) is 0 Å². The second-order valence-corrected chi connectivity index (χ2v) is 7.94. The Labute approximate surface area is 194 Å². The van der Waals surface area contributed by atoms with Crippen molar-refractivity contribution in [2.45, 2.75) is 4.90 Å². The number of aliphatic imine (C=N–C) groups is 1. The van der Waals surface area contributed by atoms with E-state index in [0.29, 0.717) is 43.3 Å². The van der Waals surface area contributed by atoms with Crippen molar-refractivity contribution in [3.8, 4) is 5.75 Å². The van der Waals surface area contributed by atoms with Crippen molar-refractivity contribution in [2.24, 2.45) is 16.5 Å². The fourth-order valence-electron chi connectivity index (χ4n) is 2.82. The lowest BCUT2D eigenvalue weighted by molar-refractivity contribution is -0.151. The average molecular weight is 473 g/mol. The molecule has 10 nitrogen and oxygen atoms in total. The van der Waals surface area contributed by atoms with Crippen molar-refractivity contribution >= 4 is 41.3 Å². The molecule has 0 radical (unpaired) electrons. The van der Waals surface area contributed by atoms with Gasteiger partial charge in [-0.15, -0.1) is 11.8 Å². The Morgan fingerprint density at radius 2 is 1.67 bits per heavy atom. The lowest BCUT2D eigenvalue weighted by Crippen LogP contribution is -2.42. The molecule has 1 amide bonds. The largest absolute Gasteiger partial charge is 0.455 e. The van der Waals surface area contributed by atoms with Gasteiger partial charge in [0.1, 0.15) is 5.75 Å². The van der Waals surface area contributed by atoms with Gasteiger partial charge in [0.05, 0.1) is 30.2 Å². The predicted octanol–water partition coefficient (Wildman–Crippen LogP) is 1.30. The number of nitrogens with zero attached hydrogens (tertiary/aromatic N) is 2. The molecule has 174 valence electrons. The van der Waals surface area contributed by atoms with Gasteiger partial charge in [0.15, 0.2) is 12.6 Å². The summed E-state index contributed by atoms with van der Waals surface area (Å²) < 4.78 is 15.6. The molecule has 4 N–H and O–H groups in total. The molecule has 0 unspecified atom stereocenters. The van der Waals surface area contributed by atoms with E-state index in [1.54, 1.807) is 53.4 Å². The van der Waals surface area contributed by atoms with E-state index < -0.39 is 11.9 Å². The summed E-state index contributed by atoms with van der Waals surface area (Å²) in [6, 6.07) is 13.0. The number of hydrogen-bond acceptors (Lipinski definition) is 8.